The average molecular weight is 344 g/mol. The fourth-order valence-corrected chi connectivity index (χ4v) is 2.17. The Kier molecular flexibility index (Phi) is 4.61. The van der Waals surface area contributed by atoms with E-state index >= 15 is 0 Å². The molecule has 0 radical (unpaired) electrons. The van der Waals surface area contributed by atoms with Crippen LogP contribution in [-0.2, 0) is 6.42 Å². The number of aryl methyl sites for hydroxylation is 1. The molecule has 1 heterocycles. The lowest BCUT2D eigenvalue weighted by Crippen LogP contribution is -2.26. The number of aromatic nitrogens is 1. The molecule has 1 amide bonds. The Morgan fingerprint density at radius 3 is 2.95 bits per heavy atom. The summed E-state index contributed by atoms with van der Waals surface area (Å²) in [6, 6.07) is 7.01. The van der Waals surface area contributed by atoms with Crippen LogP contribution in [0.3, 0.4) is 0 Å². The van der Waals surface area contributed by atoms with Crippen molar-refractivity contribution < 1.29 is 9.32 Å². The highest BCUT2D eigenvalue weighted by Gasteiger charge is 2.10. The summed E-state index contributed by atoms with van der Waals surface area (Å²) < 4.78 is 5.77. The molecule has 1 aromatic heterocycles. The zero-order chi connectivity index (χ0) is 13.8. The first-order valence-corrected chi connectivity index (χ1v) is 6.89. The van der Waals surface area contributed by atoms with Gasteiger partial charge in [0.25, 0.3) is 5.91 Å². The van der Waals surface area contributed by atoms with Crippen molar-refractivity contribution in [3.8, 4) is 0 Å². The molecule has 0 aliphatic carbocycles. The van der Waals surface area contributed by atoms with Gasteiger partial charge in [-0.2, -0.15) is 0 Å². The van der Waals surface area contributed by atoms with Gasteiger partial charge in [-0.05, 0) is 25.1 Å². The maximum absolute atomic E-state index is 12.0. The maximum atomic E-state index is 12.0. The van der Waals surface area contributed by atoms with Gasteiger partial charge in [0.1, 0.15) is 5.76 Å². The van der Waals surface area contributed by atoms with Gasteiger partial charge in [-0.15, -0.1) is 0 Å². The maximum Gasteiger partial charge on any atom is 0.252 e. The van der Waals surface area contributed by atoms with Crippen molar-refractivity contribution in [2.75, 3.05) is 6.54 Å². The van der Waals surface area contributed by atoms with E-state index in [1.165, 1.54) is 0 Å². The summed E-state index contributed by atoms with van der Waals surface area (Å²) in [5.41, 5.74) is 1.27. The van der Waals surface area contributed by atoms with Crippen LogP contribution >= 0.6 is 27.5 Å². The van der Waals surface area contributed by atoms with Gasteiger partial charge < -0.3 is 9.84 Å². The summed E-state index contributed by atoms with van der Waals surface area (Å²) in [4.78, 5) is 12.0. The van der Waals surface area contributed by atoms with Gasteiger partial charge >= 0.3 is 0 Å². The third-order valence-electron chi connectivity index (χ3n) is 2.52. The summed E-state index contributed by atoms with van der Waals surface area (Å²) in [5.74, 6) is 0.558. The first-order chi connectivity index (χ1) is 9.06. The molecule has 1 N–H and O–H groups in total. The summed E-state index contributed by atoms with van der Waals surface area (Å²) in [6.45, 7) is 2.31. The van der Waals surface area contributed by atoms with E-state index < -0.39 is 0 Å². The van der Waals surface area contributed by atoms with Crippen LogP contribution in [0, 0.1) is 6.92 Å². The molecule has 1 aromatic carbocycles. The highest BCUT2D eigenvalue weighted by atomic mass is 79.9. The molecule has 0 aliphatic rings. The van der Waals surface area contributed by atoms with Crippen molar-refractivity contribution in [1.29, 1.82) is 0 Å². The van der Waals surface area contributed by atoms with Crippen molar-refractivity contribution in [3.63, 3.8) is 0 Å². The fraction of sp³-hybridized carbons (Fsp3) is 0.231. The third kappa shape index (κ3) is 3.81. The lowest BCUT2D eigenvalue weighted by molar-refractivity contribution is 0.0954. The van der Waals surface area contributed by atoms with Crippen LogP contribution < -0.4 is 5.32 Å². The molecule has 2 rings (SSSR count). The number of rotatable bonds is 4. The summed E-state index contributed by atoms with van der Waals surface area (Å²) in [7, 11) is 0. The quantitative estimate of drug-likeness (QED) is 0.926. The molecule has 0 atom stereocenters. The Hall–Kier alpha value is -1.33. The molecule has 0 bridgehead atoms. The number of hydrogen-bond donors (Lipinski definition) is 1. The van der Waals surface area contributed by atoms with E-state index in [-0.39, 0.29) is 5.91 Å². The zero-order valence-electron chi connectivity index (χ0n) is 10.2. The molecule has 100 valence electrons. The van der Waals surface area contributed by atoms with Gasteiger partial charge in [-0.25, -0.2) is 0 Å². The van der Waals surface area contributed by atoms with Gasteiger partial charge in [0.15, 0.2) is 0 Å². The number of nitrogens with one attached hydrogen (secondary N) is 1. The zero-order valence-corrected chi connectivity index (χ0v) is 12.6. The molecular formula is C13H12BrClN2O2. The first kappa shape index (κ1) is 14.1. The van der Waals surface area contributed by atoms with E-state index in [1.54, 1.807) is 18.2 Å². The first-order valence-electron chi connectivity index (χ1n) is 5.71. The van der Waals surface area contributed by atoms with E-state index in [0.29, 0.717) is 23.6 Å². The van der Waals surface area contributed by atoms with Crippen molar-refractivity contribution in [1.82, 2.24) is 10.5 Å². The molecule has 0 saturated heterocycles. The third-order valence-corrected chi connectivity index (χ3v) is 3.34. The summed E-state index contributed by atoms with van der Waals surface area (Å²) in [5, 5.41) is 7.08. The lowest BCUT2D eigenvalue weighted by Gasteiger charge is -2.06. The Bertz CT molecular complexity index is 598. The van der Waals surface area contributed by atoms with E-state index in [9.17, 15) is 4.79 Å². The lowest BCUT2D eigenvalue weighted by atomic mass is 10.2. The second kappa shape index (κ2) is 6.21. The summed E-state index contributed by atoms with van der Waals surface area (Å²) in [6.07, 6.45) is 0.620. The normalized spacial score (nSPS) is 10.5. The topological polar surface area (TPSA) is 55.1 Å². The molecule has 4 nitrogen and oxygen atoms in total. The number of hydrogen-bond acceptors (Lipinski definition) is 3. The van der Waals surface area contributed by atoms with Crippen LogP contribution in [0.5, 0.6) is 0 Å². The van der Waals surface area contributed by atoms with Crippen molar-refractivity contribution >= 4 is 33.4 Å². The van der Waals surface area contributed by atoms with Gasteiger partial charge in [0, 0.05) is 23.5 Å². The van der Waals surface area contributed by atoms with Crippen LogP contribution in [-0.4, -0.2) is 17.6 Å². The molecular weight excluding hydrogens is 332 g/mol. The van der Waals surface area contributed by atoms with Crippen LogP contribution in [0.25, 0.3) is 0 Å². The number of benzene rings is 1. The number of carbonyl (C=O) groups is 1. The van der Waals surface area contributed by atoms with Crippen molar-refractivity contribution in [2.45, 2.75) is 13.3 Å². The fourth-order valence-electron chi connectivity index (χ4n) is 1.61. The molecule has 0 saturated carbocycles. The molecule has 0 spiro atoms. The molecule has 19 heavy (non-hydrogen) atoms. The Balaban J connectivity index is 1.92. The molecule has 0 aliphatic heterocycles. The second-order valence-electron chi connectivity index (χ2n) is 4.06. The van der Waals surface area contributed by atoms with Crippen LogP contribution in [0.4, 0.5) is 0 Å². The standard InChI is InChI=1S/C13H12BrClN2O2/c1-8-6-10(17-19-8)4-5-16-13(18)11-7-9(14)2-3-12(11)15/h2-3,6-7H,4-5H2,1H3,(H,16,18). The number of carbonyl (C=O) groups excluding carboxylic acids is 1. The van der Waals surface area contributed by atoms with Crippen LogP contribution in [0.2, 0.25) is 5.02 Å². The monoisotopic (exact) mass is 342 g/mol. The average Bonchev–Trinajstić information content (AvgIpc) is 2.78. The number of amides is 1. The minimum Gasteiger partial charge on any atom is -0.361 e. The van der Waals surface area contributed by atoms with E-state index in [1.807, 2.05) is 13.0 Å². The Labute approximate surface area is 124 Å². The van der Waals surface area contributed by atoms with Crippen LogP contribution in [0.1, 0.15) is 21.8 Å². The SMILES string of the molecule is Cc1cc(CCNC(=O)c2cc(Br)ccc2Cl)no1. The number of halogens is 2. The predicted molar refractivity (Wildman–Crippen MR) is 76.4 cm³/mol. The van der Waals surface area contributed by atoms with Gasteiger partial charge in [0.2, 0.25) is 0 Å². The van der Waals surface area contributed by atoms with Gasteiger partial charge in [0.05, 0.1) is 16.3 Å². The Morgan fingerprint density at radius 2 is 2.26 bits per heavy atom. The molecule has 6 heteroatoms. The minimum absolute atomic E-state index is 0.202. The highest BCUT2D eigenvalue weighted by molar-refractivity contribution is 9.10. The second-order valence-corrected chi connectivity index (χ2v) is 5.38. The summed E-state index contributed by atoms with van der Waals surface area (Å²) >= 11 is 9.29. The van der Waals surface area contributed by atoms with Gasteiger partial charge in [-0.3, -0.25) is 4.79 Å². The van der Waals surface area contributed by atoms with E-state index in [0.717, 1.165) is 15.9 Å². The smallest absolute Gasteiger partial charge is 0.252 e. The minimum atomic E-state index is -0.202. The Morgan fingerprint density at radius 1 is 1.47 bits per heavy atom. The molecule has 0 unspecified atom stereocenters. The van der Waals surface area contributed by atoms with Crippen molar-refractivity contribution in [2.24, 2.45) is 0 Å². The largest absolute Gasteiger partial charge is 0.361 e. The molecule has 0 fully saturated rings. The highest BCUT2D eigenvalue weighted by Crippen LogP contribution is 2.20. The predicted octanol–water partition coefficient (Wildman–Crippen LogP) is 3.37. The van der Waals surface area contributed by atoms with E-state index in [4.69, 9.17) is 16.1 Å². The van der Waals surface area contributed by atoms with Gasteiger partial charge in [-0.1, -0.05) is 32.7 Å². The van der Waals surface area contributed by atoms with Crippen molar-refractivity contribution in [3.05, 3.63) is 50.8 Å². The van der Waals surface area contributed by atoms with Crippen LogP contribution in [0.15, 0.2) is 33.3 Å². The molecule has 2 aromatic rings. The van der Waals surface area contributed by atoms with E-state index in [2.05, 4.69) is 26.4 Å². The number of nitrogens with zero attached hydrogens (tertiary/aromatic N) is 1.